The third-order valence-electron chi connectivity index (χ3n) is 6.62. The van der Waals surface area contributed by atoms with Crippen molar-refractivity contribution in [3.05, 3.63) is 24.3 Å². The Kier molecular flexibility index (Phi) is 8.85. The summed E-state index contributed by atoms with van der Waals surface area (Å²) in [5.74, 6) is 0.271. The average Bonchev–Trinajstić information content (AvgIpc) is 2.72. The summed E-state index contributed by atoms with van der Waals surface area (Å²) in [6.45, 7) is 1.81. The highest BCUT2D eigenvalue weighted by Crippen LogP contribution is 2.30. The third kappa shape index (κ3) is 6.60. The maximum absolute atomic E-state index is 12.7. The number of anilines is 1. The van der Waals surface area contributed by atoms with Crippen LogP contribution in [0.1, 0.15) is 58.3 Å². The molecule has 0 spiro atoms. The second-order valence-electron chi connectivity index (χ2n) is 9.00. The summed E-state index contributed by atoms with van der Waals surface area (Å²) >= 11 is -1.39. The summed E-state index contributed by atoms with van der Waals surface area (Å²) in [4.78, 5) is 15.1. The predicted octanol–water partition coefficient (Wildman–Crippen LogP) is 2.35. The molecular formula is C22H36N4O4S2. The van der Waals surface area contributed by atoms with E-state index in [0.29, 0.717) is 23.0 Å². The second-order valence-corrected chi connectivity index (χ2v) is 12.1. The van der Waals surface area contributed by atoms with Gasteiger partial charge in [0.25, 0.3) is 0 Å². The highest BCUT2D eigenvalue weighted by Gasteiger charge is 2.35. The minimum absolute atomic E-state index is 0.0457. The molecule has 0 aliphatic heterocycles. The zero-order valence-corrected chi connectivity index (χ0v) is 20.6. The number of amides is 1. The van der Waals surface area contributed by atoms with Crippen molar-refractivity contribution < 1.29 is 17.8 Å². The Morgan fingerprint density at radius 2 is 1.81 bits per heavy atom. The van der Waals surface area contributed by atoms with Gasteiger partial charge in [0.1, 0.15) is 0 Å². The van der Waals surface area contributed by atoms with Crippen LogP contribution in [0, 0.1) is 5.92 Å². The number of carbonyl (C=O) groups excluding carboxylic acids is 1. The summed E-state index contributed by atoms with van der Waals surface area (Å²) in [6.07, 6.45) is 7.17. The van der Waals surface area contributed by atoms with Gasteiger partial charge in [0.05, 0.1) is 29.2 Å². The van der Waals surface area contributed by atoms with Crippen molar-refractivity contribution in [3.63, 3.8) is 0 Å². The first-order valence-electron chi connectivity index (χ1n) is 11.5. The van der Waals surface area contributed by atoms with Crippen LogP contribution < -0.4 is 15.2 Å². The molecule has 4 N–H and O–H groups in total. The van der Waals surface area contributed by atoms with E-state index in [1.54, 1.807) is 24.3 Å². The zero-order valence-electron chi connectivity index (χ0n) is 19.0. The fourth-order valence-electron chi connectivity index (χ4n) is 4.35. The van der Waals surface area contributed by atoms with Gasteiger partial charge in [-0.25, -0.2) is 8.42 Å². The van der Waals surface area contributed by atoms with Crippen molar-refractivity contribution in [2.24, 2.45) is 11.7 Å². The first-order valence-corrected chi connectivity index (χ1v) is 14.3. The van der Waals surface area contributed by atoms with E-state index in [2.05, 4.69) is 9.44 Å². The van der Waals surface area contributed by atoms with Crippen molar-refractivity contribution in [2.45, 2.75) is 81.3 Å². The van der Waals surface area contributed by atoms with E-state index in [0.717, 1.165) is 38.5 Å². The maximum atomic E-state index is 12.7. The number of nitrogens with two attached hydrogens (primary N) is 1. The molecule has 1 aromatic rings. The normalized spacial score (nSPS) is 23.8. The molecule has 1 aromatic carbocycles. The van der Waals surface area contributed by atoms with E-state index in [9.17, 15) is 17.8 Å². The number of rotatable bonds is 10. The van der Waals surface area contributed by atoms with Crippen LogP contribution in [-0.4, -0.2) is 54.7 Å². The van der Waals surface area contributed by atoms with Crippen LogP contribution in [-0.2, 0) is 26.2 Å². The van der Waals surface area contributed by atoms with Gasteiger partial charge in [0.15, 0.2) is 4.90 Å². The van der Waals surface area contributed by atoms with E-state index in [4.69, 9.17) is 5.73 Å². The SMILES string of the molecule is CCCS(=O)(=O)Nc1ccc([S+]([O-])NC2CCC([C@H](N)C(=O)N(C)C3CCC3)CC2)cc1. The Morgan fingerprint density at radius 3 is 2.34 bits per heavy atom. The van der Waals surface area contributed by atoms with Gasteiger partial charge in [-0.3, -0.25) is 9.52 Å². The smallest absolute Gasteiger partial charge is 0.239 e. The lowest BCUT2D eigenvalue weighted by Gasteiger charge is -2.38. The van der Waals surface area contributed by atoms with Gasteiger partial charge < -0.3 is 15.2 Å². The maximum Gasteiger partial charge on any atom is 0.239 e. The molecule has 8 nitrogen and oxygen atoms in total. The Bertz CT molecular complexity index is 853. The van der Waals surface area contributed by atoms with E-state index in [1.807, 2.05) is 18.9 Å². The first-order chi connectivity index (χ1) is 15.2. The number of carbonyl (C=O) groups is 1. The van der Waals surface area contributed by atoms with Crippen LogP contribution in [0.4, 0.5) is 5.69 Å². The largest absolute Gasteiger partial charge is 0.593 e. The van der Waals surface area contributed by atoms with Crippen molar-refractivity contribution in [1.29, 1.82) is 0 Å². The number of sulfonamides is 1. The first kappa shape index (κ1) is 25.3. The lowest BCUT2D eigenvalue weighted by Crippen LogP contribution is -2.52. The lowest BCUT2D eigenvalue weighted by molar-refractivity contribution is -0.136. The van der Waals surface area contributed by atoms with E-state index in [1.165, 1.54) is 6.42 Å². The Balaban J connectivity index is 1.45. The molecule has 1 amide bonds. The molecule has 2 saturated carbocycles. The van der Waals surface area contributed by atoms with Crippen LogP contribution in [0.25, 0.3) is 0 Å². The molecule has 3 rings (SSSR count). The summed E-state index contributed by atoms with van der Waals surface area (Å²) in [5, 5.41) is 0. The van der Waals surface area contributed by atoms with Gasteiger partial charge in [0, 0.05) is 18.8 Å². The summed E-state index contributed by atoms with van der Waals surface area (Å²) in [6, 6.07) is 6.58. The van der Waals surface area contributed by atoms with Crippen LogP contribution in [0.15, 0.2) is 29.2 Å². The van der Waals surface area contributed by atoms with Gasteiger partial charge in [-0.15, -0.1) is 4.72 Å². The number of benzene rings is 1. The van der Waals surface area contributed by atoms with Crippen LogP contribution >= 0.6 is 0 Å². The predicted molar refractivity (Wildman–Crippen MR) is 128 cm³/mol. The Labute approximate surface area is 195 Å². The molecule has 0 heterocycles. The lowest BCUT2D eigenvalue weighted by atomic mass is 9.81. The van der Waals surface area contributed by atoms with Gasteiger partial charge in [-0.2, -0.15) is 0 Å². The average molecular weight is 485 g/mol. The molecule has 32 heavy (non-hydrogen) atoms. The minimum atomic E-state index is -3.35. The fourth-order valence-corrected chi connectivity index (χ4v) is 6.54. The van der Waals surface area contributed by atoms with Crippen LogP contribution in [0.2, 0.25) is 0 Å². The van der Waals surface area contributed by atoms with Gasteiger partial charge in [-0.1, -0.05) is 6.92 Å². The van der Waals surface area contributed by atoms with E-state index < -0.39 is 27.4 Å². The highest BCUT2D eigenvalue weighted by atomic mass is 32.2. The van der Waals surface area contributed by atoms with E-state index >= 15 is 0 Å². The summed E-state index contributed by atoms with van der Waals surface area (Å²) in [7, 11) is -1.48. The summed E-state index contributed by atoms with van der Waals surface area (Å²) in [5.41, 5.74) is 6.77. The molecule has 2 fully saturated rings. The molecule has 0 radical (unpaired) electrons. The standard InChI is InChI=1S/C22H36N4O4S2/c1-3-15-32(29,30)25-18-11-13-20(14-12-18)31(28)24-17-9-7-16(8-10-17)21(23)22(27)26(2)19-5-4-6-19/h11-14,16-17,19,21,24-25H,3-10,15,23H2,1-2H3/t16?,17?,21-,31?/m0/s1. The number of nitrogens with zero attached hydrogens (tertiary/aromatic N) is 1. The topological polar surface area (TPSA) is 128 Å². The Hall–Kier alpha value is -1.33. The number of likely N-dealkylation sites (N-methyl/N-ethyl adjacent to an activating group) is 1. The molecule has 0 bridgehead atoms. The molecular weight excluding hydrogens is 448 g/mol. The molecule has 2 atom stereocenters. The van der Waals surface area contributed by atoms with Gasteiger partial charge in [-0.05, 0) is 81.5 Å². The van der Waals surface area contributed by atoms with Gasteiger partial charge >= 0.3 is 0 Å². The zero-order chi connectivity index (χ0) is 23.3. The van der Waals surface area contributed by atoms with Crippen molar-refractivity contribution in [1.82, 2.24) is 9.62 Å². The molecule has 180 valence electrons. The van der Waals surface area contributed by atoms with Crippen molar-refractivity contribution in [3.8, 4) is 0 Å². The number of hydrogen-bond donors (Lipinski definition) is 3. The molecule has 0 aromatic heterocycles. The minimum Gasteiger partial charge on any atom is -0.593 e. The molecule has 0 saturated heterocycles. The monoisotopic (exact) mass is 484 g/mol. The number of nitrogens with one attached hydrogen (secondary N) is 2. The third-order valence-corrected chi connectivity index (χ3v) is 9.36. The van der Waals surface area contributed by atoms with E-state index in [-0.39, 0.29) is 23.6 Å². The molecule has 10 heteroatoms. The molecule has 2 aliphatic carbocycles. The van der Waals surface area contributed by atoms with Gasteiger partial charge in [0.2, 0.25) is 15.9 Å². The summed E-state index contributed by atoms with van der Waals surface area (Å²) < 4.78 is 42.1. The highest BCUT2D eigenvalue weighted by molar-refractivity contribution is 7.92. The van der Waals surface area contributed by atoms with Crippen molar-refractivity contribution in [2.75, 3.05) is 17.5 Å². The molecule has 1 unspecified atom stereocenters. The molecule has 2 aliphatic rings. The second kappa shape index (κ2) is 11.2. The Morgan fingerprint density at radius 1 is 1.19 bits per heavy atom. The van der Waals surface area contributed by atoms with Crippen LogP contribution in [0.5, 0.6) is 0 Å². The number of hydrogen-bond acceptors (Lipinski definition) is 6. The quantitative estimate of drug-likeness (QED) is 0.438. The van der Waals surface area contributed by atoms with Crippen molar-refractivity contribution >= 4 is 33.0 Å². The van der Waals surface area contributed by atoms with Crippen LogP contribution in [0.3, 0.4) is 0 Å². The fraction of sp³-hybridized carbons (Fsp3) is 0.682.